The van der Waals surface area contributed by atoms with E-state index in [2.05, 4.69) is 26.1 Å². The molecule has 0 fully saturated rings. The van der Waals surface area contributed by atoms with Gasteiger partial charge in [0.15, 0.2) is 0 Å². The van der Waals surface area contributed by atoms with Gasteiger partial charge in [-0.05, 0) is 53.9 Å². The Morgan fingerprint density at radius 2 is 1.66 bits per heavy atom. The Balaban J connectivity index is 1.41. The van der Waals surface area contributed by atoms with E-state index >= 15 is 0 Å². The number of aromatic nitrogens is 2. The molecule has 1 aromatic heterocycles. The average molecular weight is 503 g/mol. The van der Waals surface area contributed by atoms with Crippen molar-refractivity contribution in [2.75, 3.05) is 19.3 Å². The molecule has 0 atom stereocenters. The SMILES string of the molecule is CS(=O)(=O)NCCCNCc1cccc(-c2ccc(-c3nc4ccc(C(F)(F)F)cc4[nH]3)cc2)c1. The Bertz CT molecular complexity index is 1410. The third-order valence-electron chi connectivity index (χ3n) is 5.45. The molecule has 0 unspecified atom stereocenters. The van der Waals surface area contributed by atoms with Crippen LogP contribution in [0.25, 0.3) is 33.5 Å². The summed E-state index contributed by atoms with van der Waals surface area (Å²) in [4.78, 5) is 7.40. The molecule has 10 heteroatoms. The zero-order valence-corrected chi connectivity index (χ0v) is 19.8. The highest BCUT2D eigenvalue weighted by atomic mass is 32.2. The van der Waals surface area contributed by atoms with Crippen LogP contribution in [-0.4, -0.2) is 37.7 Å². The lowest BCUT2D eigenvalue weighted by atomic mass is 10.0. The number of imidazole rings is 1. The van der Waals surface area contributed by atoms with Gasteiger partial charge in [0.25, 0.3) is 0 Å². The van der Waals surface area contributed by atoms with Gasteiger partial charge in [-0.3, -0.25) is 0 Å². The smallest absolute Gasteiger partial charge is 0.338 e. The van der Waals surface area contributed by atoms with Crippen LogP contribution in [0.1, 0.15) is 17.5 Å². The van der Waals surface area contributed by atoms with Gasteiger partial charge in [-0.2, -0.15) is 13.2 Å². The minimum Gasteiger partial charge on any atom is -0.338 e. The molecule has 0 saturated heterocycles. The van der Waals surface area contributed by atoms with Gasteiger partial charge in [0.1, 0.15) is 5.82 Å². The molecule has 3 N–H and O–H groups in total. The molecule has 0 aliphatic rings. The van der Waals surface area contributed by atoms with E-state index in [1.165, 1.54) is 6.07 Å². The second-order valence-electron chi connectivity index (χ2n) is 8.29. The van der Waals surface area contributed by atoms with E-state index in [1.807, 2.05) is 42.5 Å². The fraction of sp³-hybridized carbons (Fsp3) is 0.240. The number of benzene rings is 3. The van der Waals surface area contributed by atoms with Gasteiger partial charge in [-0.1, -0.05) is 42.5 Å². The van der Waals surface area contributed by atoms with E-state index < -0.39 is 21.8 Å². The second-order valence-corrected chi connectivity index (χ2v) is 10.1. The van der Waals surface area contributed by atoms with Crippen molar-refractivity contribution in [3.8, 4) is 22.5 Å². The maximum atomic E-state index is 13.0. The van der Waals surface area contributed by atoms with Gasteiger partial charge in [0, 0.05) is 18.7 Å². The predicted molar refractivity (Wildman–Crippen MR) is 131 cm³/mol. The van der Waals surface area contributed by atoms with E-state index in [1.54, 1.807) is 0 Å². The Labute approximate surface area is 201 Å². The number of halogens is 3. The summed E-state index contributed by atoms with van der Waals surface area (Å²) >= 11 is 0. The average Bonchev–Trinajstić information content (AvgIpc) is 3.24. The first-order chi connectivity index (χ1) is 16.6. The summed E-state index contributed by atoms with van der Waals surface area (Å²) < 4.78 is 63.5. The molecule has 0 saturated carbocycles. The molecule has 1 heterocycles. The Morgan fingerprint density at radius 3 is 2.37 bits per heavy atom. The van der Waals surface area contributed by atoms with Crippen LogP contribution < -0.4 is 10.0 Å². The Hall–Kier alpha value is -3.21. The number of H-pyrrole nitrogens is 1. The van der Waals surface area contributed by atoms with Gasteiger partial charge in [-0.25, -0.2) is 18.1 Å². The van der Waals surface area contributed by atoms with Crippen LogP contribution in [-0.2, 0) is 22.7 Å². The van der Waals surface area contributed by atoms with Crippen molar-refractivity contribution in [2.45, 2.75) is 19.1 Å². The fourth-order valence-electron chi connectivity index (χ4n) is 3.71. The molecule has 0 aliphatic carbocycles. The molecular formula is C25H25F3N4O2S. The first kappa shape index (κ1) is 24.9. The molecule has 0 radical (unpaired) electrons. The number of sulfonamides is 1. The van der Waals surface area contributed by atoms with E-state index in [0.717, 1.165) is 40.6 Å². The Kier molecular flexibility index (Phi) is 7.25. The lowest BCUT2D eigenvalue weighted by molar-refractivity contribution is -0.137. The first-order valence-corrected chi connectivity index (χ1v) is 12.9. The lowest BCUT2D eigenvalue weighted by Gasteiger charge is -2.08. The highest BCUT2D eigenvalue weighted by Gasteiger charge is 2.30. The number of hydrogen-bond acceptors (Lipinski definition) is 4. The van der Waals surface area contributed by atoms with Crippen LogP contribution in [0.15, 0.2) is 66.7 Å². The van der Waals surface area contributed by atoms with E-state index in [9.17, 15) is 21.6 Å². The maximum absolute atomic E-state index is 13.0. The van der Waals surface area contributed by atoms with Crippen molar-refractivity contribution < 1.29 is 21.6 Å². The van der Waals surface area contributed by atoms with Crippen LogP contribution in [0.5, 0.6) is 0 Å². The summed E-state index contributed by atoms with van der Waals surface area (Å²) in [5.41, 5.74) is 4.02. The largest absolute Gasteiger partial charge is 0.416 e. The summed E-state index contributed by atoms with van der Waals surface area (Å²) in [7, 11) is -3.16. The van der Waals surface area contributed by atoms with Gasteiger partial charge in [-0.15, -0.1) is 0 Å². The number of hydrogen-bond donors (Lipinski definition) is 3. The first-order valence-electron chi connectivity index (χ1n) is 11.0. The zero-order chi connectivity index (χ0) is 25.1. The number of nitrogens with zero attached hydrogens (tertiary/aromatic N) is 1. The van der Waals surface area contributed by atoms with Gasteiger partial charge >= 0.3 is 6.18 Å². The molecule has 4 aromatic rings. The van der Waals surface area contributed by atoms with E-state index in [4.69, 9.17) is 0 Å². The summed E-state index contributed by atoms with van der Waals surface area (Å²) in [6.07, 6.45) is -2.57. The van der Waals surface area contributed by atoms with E-state index in [-0.39, 0.29) is 0 Å². The molecule has 184 valence electrons. The number of aromatic amines is 1. The quantitative estimate of drug-likeness (QED) is 0.283. The number of nitrogens with one attached hydrogen (secondary N) is 3. The monoisotopic (exact) mass is 502 g/mol. The van der Waals surface area contributed by atoms with Gasteiger partial charge < -0.3 is 10.3 Å². The minimum absolute atomic E-state index is 0.339. The topological polar surface area (TPSA) is 86.9 Å². The maximum Gasteiger partial charge on any atom is 0.416 e. The van der Waals surface area contributed by atoms with Crippen molar-refractivity contribution in [3.05, 3.63) is 77.9 Å². The van der Waals surface area contributed by atoms with Crippen molar-refractivity contribution in [3.63, 3.8) is 0 Å². The second kappa shape index (κ2) is 10.2. The third kappa shape index (κ3) is 6.68. The van der Waals surface area contributed by atoms with Crippen LogP contribution >= 0.6 is 0 Å². The molecule has 3 aromatic carbocycles. The molecule has 6 nitrogen and oxygen atoms in total. The fourth-order valence-corrected chi connectivity index (χ4v) is 4.22. The molecule has 0 aliphatic heterocycles. The summed E-state index contributed by atoms with van der Waals surface area (Å²) in [5.74, 6) is 0.509. The van der Waals surface area contributed by atoms with Crippen LogP contribution in [0.2, 0.25) is 0 Å². The number of alkyl halides is 3. The highest BCUT2D eigenvalue weighted by molar-refractivity contribution is 7.88. The summed E-state index contributed by atoms with van der Waals surface area (Å²) in [5, 5.41) is 3.31. The lowest BCUT2D eigenvalue weighted by Crippen LogP contribution is -2.26. The Morgan fingerprint density at radius 1 is 0.914 bits per heavy atom. The highest BCUT2D eigenvalue weighted by Crippen LogP contribution is 2.32. The van der Waals surface area contributed by atoms with Gasteiger partial charge in [0.2, 0.25) is 10.0 Å². The van der Waals surface area contributed by atoms with Crippen LogP contribution in [0.4, 0.5) is 13.2 Å². The van der Waals surface area contributed by atoms with Crippen molar-refractivity contribution in [2.24, 2.45) is 0 Å². The molecule has 4 rings (SSSR count). The number of rotatable bonds is 9. The molecule has 35 heavy (non-hydrogen) atoms. The zero-order valence-electron chi connectivity index (χ0n) is 19.0. The third-order valence-corrected chi connectivity index (χ3v) is 6.18. The summed E-state index contributed by atoms with van der Waals surface area (Å²) in [6, 6.07) is 19.2. The summed E-state index contributed by atoms with van der Waals surface area (Å²) in [6.45, 7) is 1.74. The number of fused-ring (bicyclic) bond motifs is 1. The molecular weight excluding hydrogens is 477 g/mol. The van der Waals surface area contributed by atoms with Crippen molar-refractivity contribution >= 4 is 21.1 Å². The van der Waals surface area contributed by atoms with E-state index in [0.29, 0.717) is 42.9 Å². The molecule has 0 amide bonds. The molecule has 0 bridgehead atoms. The standard InChI is InChI=1S/C25H25F3N4O2S/c1-35(33,34)30-13-3-12-29-16-17-4-2-5-20(14-17)18-6-8-19(9-7-18)24-31-22-11-10-21(25(26,27)28)15-23(22)32-24/h2,4-11,14-15,29-30H,3,12-13,16H2,1H3,(H,31,32). The minimum atomic E-state index is -4.40. The van der Waals surface area contributed by atoms with Crippen molar-refractivity contribution in [1.29, 1.82) is 0 Å². The molecule has 0 spiro atoms. The normalized spacial score (nSPS) is 12.3. The van der Waals surface area contributed by atoms with Crippen LogP contribution in [0, 0.1) is 0 Å². The van der Waals surface area contributed by atoms with Crippen LogP contribution in [0.3, 0.4) is 0 Å². The van der Waals surface area contributed by atoms with Gasteiger partial charge in [0.05, 0.1) is 22.9 Å². The van der Waals surface area contributed by atoms with Crippen molar-refractivity contribution in [1.82, 2.24) is 20.0 Å². The predicted octanol–water partition coefficient (Wildman–Crippen LogP) is 4.94.